The third-order valence-corrected chi connectivity index (χ3v) is 4.55. The van der Waals surface area contributed by atoms with Crippen molar-refractivity contribution in [1.82, 2.24) is 4.90 Å². The Balaban J connectivity index is 2.20. The van der Waals surface area contributed by atoms with E-state index in [2.05, 4.69) is 25.2 Å². The molecule has 1 aliphatic rings. The summed E-state index contributed by atoms with van der Waals surface area (Å²) in [5.74, 6) is 0.874. The summed E-state index contributed by atoms with van der Waals surface area (Å²) in [7, 11) is 1.96. The molecule has 2 atom stereocenters. The molecule has 21 heavy (non-hydrogen) atoms. The van der Waals surface area contributed by atoms with Crippen LogP contribution in [0.1, 0.15) is 55.5 Å². The van der Waals surface area contributed by atoms with Crippen molar-refractivity contribution in [2.45, 2.75) is 52.5 Å². The quantitative estimate of drug-likeness (QED) is 0.905. The maximum absolute atomic E-state index is 12.9. The van der Waals surface area contributed by atoms with Crippen molar-refractivity contribution in [3.05, 3.63) is 29.3 Å². The molecule has 0 saturated heterocycles. The largest absolute Gasteiger partial charge is 0.385 e. The summed E-state index contributed by atoms with van der Waals surface area (Å²) in [5, 5.41) is 3.30. The zero-order valence-corrected chi connectivity index (χ0v) is 13.8. The normalized spacial score (nSPS) is 21.9. The van der Waals surface area contributed by atoms with Crippen molar-refractivity contribution in [3.63, 3.8) is 0 Å². The minimum absolute atomic E-state index is 0.147. The monoisotopic (exact) mass is 288 g/mol. The van der Waals surface area contributed by atoms with Gasteiger partial charge in [0.25, 0.3) is 5.91 Å². The Kier molecular flexibility index (Phi) is 5.27. The summed E-state index contributed by atoms with van der Waals surface area (Å²) >= 11 is 0. The van der Waals surface area contributed by atoms with E-state index in [1.54, 1.807) is 0 Å². The number of nitrogens with one attached hydrogen (secondary N) is 1. The predicted molar refractivity (Wildman–Crippen MR) is 88.9 cm³/mol. The van der Waals surface area contributed by atoms with Gasteiger partial charge in [0.05, 0.1) is 5.56 Å². The Bertz CT molecular complexity index is 498. The van der Waals surface area contributed by atoms with Gasteiger partial charge in [-0.3, -0.25) is 4.79 Å². The lowest BCUT2D eigenvalue weighted by Crippen LogP contribution is -2.40. The number of carbonyl (C=O) groups excluding carboxylic acids is 1. The number of anilines is 1. The van der Waals surface area contributed by atoms with E-state index in [-0.39, 0.29) is 5.91 Å². The fourth-order valence-electron chi connectivity index (χ4n) is 3.29. The molecule has 0 spiro atoms. The van der Waals surface area contributed by atoms with E-state index < -0.39 is 0 Å². The maximum Gasteiger partial charge on any atom is 0.255 e. The highest BCUT2D eigenvalue weighted by Crippen LogP contribution is 2.28. The molecule has 1 aromatic carbocycles. The van der Waals surface area contributed by atoms with Crippen molar-refractivity contribution >= 4 is 11.6 Å². The number of hydrogen-bond acceptors (Lipinski definition) is 2. The van der Waals surface area contributed by atoms with E-state index in [0.717, 1.165) is 42.1 Å². The molecule has 0 heterocycles. The van der Waals surface area contributed by atoms with Crippen LogP contribution >= 0.6 is 0 Å². The van der Waals surface area contributed by atoms with Crippen molar-refractivity contribution in [2.24, 2.45) is 5.92 Å². The van der Waals surface area contributed by atoms with E-state index in [0.29, 0.717) is 6.04 Å². The molecule has 1 aromatic rings. The molecule has 0 aliphatic heterocycles. The van der Waals surface area contributed by atoms with E-state index in [1.807, 2.05) is 31.0 Å². The average molecular weight is 288 g/mol. The van der Waals surface area contributed by atoms with E-state index in [9.17, 15) is 4.79 Å². The highest BCUT2D eigenvalue weighted by atomic mass is 16.2. The molecular weight excluding hydrogens is 260 g/mol. The number of nitrogens with zero attached hydrogens (tertiary/aromatic N) is 1. The van der Waals surface area contributed by atoms with Gasteiger partial charge in [-0.05, 0) is 44.7 Å². The second kappa shape index (κ2) is 6.97. The molecule has 0 bridgehead atoms. The molecule has 3 heteroatoms. The van der Waals surface area contributed by atoms with Crippen LogP contribution in [0.5, 0.6) is 0 Å². The molecule has 0 aromatic heterocycles. The Morgan fingerprint density at radius 1 is 1.38 bits per heavy atom. The summed E-state index contributed by atoms with van der Waals surface area (Å²) in [6.07, 6.45) is 4.79. The average Bonchev–Trinajstić information content (AvgIpc) is 2.48. The summed E-state index contributed by atoms with van der Waals surface area (Å²) in [6, 6.07) is 6.46. The van der Waals surface area contributed by atoms with Crippen LogP contribution in [0.4, 0.5) is 5.69 Å². The zero-order chi connectivity index (χ0) is 15.4. The summed E-state index contributed by atoms with van der Waals surface area (Å²) in [4.78, 5) is 14.8. The molecule has 1 N–H and O–H groups in total. The minimum Gasteiger partial charge on any atom is -0.385 e. The van der Waals surface area contributed by atoms with E-state index in [1.165, 1.54) is 12.8 Å². The molecule has 2 unspecified atom stereocenters. The van der Waals surface area contributed by atoms with Gasteiger partial charge in [-0.1, -0.05) is 31.4 Å². The molecule has 116 valence electrons. The van der Waals surface area contributed by atoms with Gasteiger partial charge in [0.2, 0.25) is 0 Å². The fraction of sp³-hybridized carbons (Fsp3) is 0.611. The van der Waals surface area contributed by atoms with Gasteiger partial charge >= 0.3 is 0 Å². The molecule has 2 rings (SSSR count). The maximum atomic E-state index is 12.9. The predicted octanol–water partition coefficient (Wildman–Crippen LogP) is 4.08. The SMILES string of the molecule is CCNc1ccc(C)cc1C(=O)N(C)C1CCCC(C)C1. The number of rotatable bonds is 4. The number of carbonyl (C=O) groups is 1. The fourth-order valence-corrected chi connectivity index (χ4v) is 3.29. The van der Waals surface area contributed by atoms with Gasteiger partial charge in [-0.2, -0.15) is 0 Å². The smallest absolute Gasteiger partial charge is 0.255 e. The molecule has 0 radical (unpaired) electrons. The van der Waals surface area contributed by atoms with Gasteiger partial charge in [-0.15, -0.1) is 0 Å². The van der Waals surface area contributed by atoms with Crippen molar-refractivity contribution in [3.8, 4) is 0 Å². The Morgan fingerprint density at radius 3 is 2.81 bits per heavy atom. The molecule has 1 amide bonds. The highest BCUT2D eigenvalue weighted by molar-refractivity contribution is 5.99. The first-order valence-electron chi connectivity index (χ1n) is 8.14. The Hall–Kier alpha value is -1.51. The number of amides is 1. The Labute approximate surface area is 128 Å². The molecule has 1 fully saturated rings. The van der Waals surface area contributed by atoms with E-state index >= 15 is 0 Å². The van der Waals surface area contributed by atoms with Crippen molar-refractivity contribution in [1.29, 1.82) is 0 Å². The number of aryl methyl sites for hydroxylation is 1. The molecular formula is C18H28N2O. The van der Waals surface area contributed by atoms with Crippen LogP contribution in [-0.2, 0) is 0 Å². The van der Waals surface area contributed by atoms with Crippen LogP contribution < -0.4 is 5.32 Å². The van der Waals surface area contributed by atoms with E-state index in [4.69, 9.17) is 0 Å². The third-order valence-electron chi connectivity index (χ3n) is 4.55. The molecule has 1 aliphatic carbocycles. The zero-order valence-electron chi connectivity index (χ0n) is 13.8. The molecule has 1 saturated carbocycles. The summed E-state index contributed by atoms with van der Waals surface area (Å²) < 4.78 is 0. The second-order valence-electron chi connectivity index (χ2n) is 6.42. The second-order valence-corrected chi connectivity index (χ2v) is 6.42. The standard InChI is InChI=1S/C18H28N2O/c1-5-19-17-10-9-14(3)12-16(17)18(21)20(4)15-8-6-7-13(2)11-15/h9-10,12-13,15,19H,5-8,11H2,1-4H3. The topological polar surface area (TPSA) is 32.3 Å². The van der Waals surface area contributed by atoms with Crippen LogP contribution in [-0.4, -0.2) is 30.4 Å². The van der Waals surface area contributed by atoms with Crippen LogP contribution in [0, 0.1) is 12.8 Å². The number of benzene rings is 1. The van der Waals surface area contributed by atoms with Crippen LogP contribution in [0.3, 0.4) is 0 Å². The van der Waals surface area contributed by atoms with Gasteiger partial charge in [0.15, 0.2) is 0 Å². The summed E-state index contributed by atoms with van der Waals surface area (Å²) in [6.45, 7) is 7.21. The number of hydrogen-bond donors (Lipinski definition) is 1. The van der Waals surface area contributed by atoms with Crippen LogP contribution in [0.25, 0.3) is 0 Å². The first-order valence-corrected chi connectivity index (χ1v) is 8.14. The van der Waals surface area contributed by atoms with Gasteiger partial charge in [0.1, 0.15) is 0 Å². The Morgan fingerprint density at radius 2 is 2.14 bits per heavy atom. The lowest BCUT2D eigenvalue weighted by atomic mass is 9.86. The minimum atomic E-state index is 0.147. The van der Waals surface area contributed by atoms with Crippen molar-refractivity contribution in [2.75, 3.05) is 18.9 Å². The van der Waals surface area contributed by atoms with Gasteiger partial charge in [0, 0.05) is 25.3 Å². The van der Waals surface area contributed by atoms with Gasteiger partial charge in [-0.25, -0.2) is 0 Å². The first-order chi connectivity index (χ1) is 10.0. The third kappa shape index (κ3) is 3.78. The lowest BCUT2D eigenvalue weighted by molar-refractivity contribution is 0.0673. The van der Waals surface area contributed by atoms with Crippen LogP contribution in [0.15, 0.2) is 18.2 Å². The summed E-state index contributed by atoms with van der Waals surface area (Å²) in [5.41, 5.74) is 2.88. The lowest BCUT2D eigenvalue weighted by Gasteiger charge is -2.34. The van der Waals surface area contributed by atoms with Crippen LogP contribution in [0.2, 0.25) is 0 Å². The molecule has 3 nitrogen and oxygen atoms in total. The van der Waals surface area contributed by atoms with Gasteiger partial charge < -0.3 is 10.2 Å². The van der Waals surface area contributed by atoms with Crippen molar-refractivity contribution < 1.29 is 4.79 Å². The first kappa shape index (κ1) is 15.9. The highest BCUT2D eigenvalue weighted by Gasteiger charge is 2.27.